The van der Waals surface area contributed by atoms with Crippen LogP contribution in [0, 0.1) is 0 Å². The standard InChI is InChI=1S/C14H22N2O2/c1-5-18-11(2)14(17)15-13-8-6-7-12(9-13)10-16(3)4/h6-9,11H,5,10H2,1-4H3,(H,15,17)/t11-/m1/s1. The van der Waals surface area contributed by atoms with Crippen LogP contribution >= 0.6 is 0 Å². The van der Waals surface area contributed by atoms with Crippen molar-refractivity contribution in [3.63, 3.8) is 0 Å². The van der Waals surface area contributed by atoms with Gasteiger partial charge in [0, 0.05) is 18.8 Å². The molecule has 0 heterocycles. The molecule has 0 bridgehead atoms. The number of amides is 1. The zero-order chi connectivity index (χ0) is 13.5. The number of carbonyl (C=O) groups is 1. The Morgan fingerprint density at radius 3 is 2.78 bits per heavy atom. The molecule has 1 atom stereocenters. The average Bonchev–Trinajstić information content (AvgIpc) is 2.28. The third kappa shape index (κ3) is 4.85. The van der Waals surface area contributed by atoms with Crippen LogP contribution in [0.4, 0.5) is 5.69 Å². The number of hydrogen-bond acceptors (Lipinski definition) is 3. The molecule has 1 rings (SSSR count). The van der Waals surface area contributed by atoms with Crippen LogP contribution in [0.5, 0.6) is 0 Å². The first-order valence-corrected chi connectivity index (χ1v) is 6.19. The number of nitrogens with zero attached hydrogens (tertiary/aromatic N) is 1. The molecule has 0 unspecified atom stereocenters. The van der Waals surface area contributed by atoms with E-state index in [2.05, 4.69) is 10.2 Å². The van der Waals surface area contributed by atoms with Gasteiger partial charge >= 0.3 is 0 Å². The monoisotopic (exact) mass is 250 g/mol. The molecule has 0 radical (unpaired) electrons. The minimum atomic E-state index is -0.424. The van der Waals surface area contributed by atoms with Crippen LogP contribution in [0.25, 0.3) is 0 Å². The van der Waals surface area contributed by atoms with Crippen molar-refractivity contribution >= 4 is 11.6 Å². The van der Waals surface area contributed by atoms with E-state index in [0.717, 1.165) is 12.2 Å². The quantitative estimate of drug-likeness (QED) is 0.840. The zero-order valence-electron chi connectivity index (χ0n) is 11.6. The summed E-state index contributed by atoms with van der Waals surface area (Å²) in [6.07, 6.45) is -0.424. The van der Waals surface area contributed by atoms with Crippen molar-refractivity contribution in [2.45, 2.75) is 26.5 Å². The van der Waals surface area contributed by atoms with Gasteiger partial charge in [0.25, 0.3) is 5.91 Å². The summed E-state index contributed by atoms with van der Waals surface area (Å²) in [4.78, 5) is 13.9. The average molecular weight is 250 g/mol. The van der Waals surface area contributed by atoms with Crippen LogP contribution in [0.3, 0.4) is 0 Å². The molecule has 0 saturated carbocycles. The first-order chi connectivity index (χ1) is 8.52. The van der Waals surface area contributed by atoms with Crippen LogP contribution in [0.2, 0.25) is 0 Å². The van der Waals surface area contributed by atoms with Gasteiger partial charge in [-0.3, -0.25) is 4.79 Å². The molecule has 4 heteroatoms. The molecule has 100 valence electrons. The van der Waals surface area contributed by atoms with E-state index in [1.54, 1.807) is 6.92 Å². The molecule has 1 aromatic rings. The van der Waals surface area contributed by atoms with Crippen LogP contribution in [-0.2, 0) is 16.1 Å². The third-order valence-electron chi connectivity index (χ3n) is 2.48. The Hall–Kier alpha value is -1.39. The molecular weight excluding hydrogens is 228 g/mol. The van der Waals surface area contributed by atoms with E-state index in [0.29, 0.717) is 6.61 Å². The molecule has 0 spiro atoms. The predicted octanol–water partition coefficient (Wildman–Crippen LogP) is 2.11. The fraction of sp³-hybridized carbons (Fsp3) is 0.500. The van der Waals surface area contributed by atoms with Crippen molar-refractivity contribution in [3.8, 4) is 0 Å². The molecule has 4 nitrogen and oxygen atoms in total. The number of ether oxygens (including phenoxy) is 1. The van der Waals surface area contributed by atoms with Gasteiger partial charge in [-0.2, -0.15) is 0 Å². The highest BCUT2D eigenvalue weighted by Crippen LogP contribution is 2.12. The number of anilines is 1. The highest BCUT2D eigenvalue weighted by Gasteiger charge is 2.12. The Bertz CT molecular complexity index is 391. The first kappa shape index (κ1) is 14.7. The van der Waals surface area contributed by atoms with E-state index in [1.165, 1.54) is 5.56 Å². The second-order valence-electron chi connectivity index (χ2n) is 4.52. The Labute approximate surface area is 109 Å². The van der Waals surface area contributed by atoms with Gasteiger partial charge in [0.15, 0.2) is 0 Å². The summed E-state index contributed by atoms with van der Waals surface area (Å²) in [5, 5.41) is 2.86. The lowest BCUT2D eigenvalue weighted by molar-refractivity contribution is -0.126. The minimum absolute atomic E-state index is 0.112. The normalized spacial score (nSPS) is 12.5. The van der Waals surface area contributed by atoms with Gasteiger partial charge < -0.3 is 15.0 Å². The number of hydrogen-bond donors (Lipinski definition) is 1. The topological polar surface area (TPSA) is 41.6 Å². The molecule has 0 fully saturated rings. The number of benzene rings is 1. The van der Waals surface area contributed by atoms with Gasteiger partial charge in [-0.05, 0) is 45.6 Å². The van der Waals surface area contributed by atoms with Crippen molar-refractivity contribution in [1.29, 1.82) is 0 Å². The molecule has 0 aliphatic rings. The predicted molar refractivity (Wildman–Crippen MR) is 73.6 cm³/mol. The molecule has 1 aromatic carbocycles. The van der Waals surface area contributed by atoms with E-state index < -0.39 is 6.10 Å². The van der Waals surface area contributed by atoms with Gasteiger partial charge in [0.2, 0.25) is 0 Å². The third-order valence-corrected chi connectivity index (χ3v) is 2.48. The van der Waals surface area contributed by atoms with Crippen molar-refractivity contribution in [2.24, 2.45) is 0 Å². The Morgan fingerprint density at radius 2 is 2.17 bits per heavy atom. The first-order valence-electron chi connectivity index (χ1n) is 6.19. The van der Waals surface area contributed by atoms with Crippen molar-refractivity contribution in [2.75, 3.05) is 26.0 Å². The minimum Gasteiger partial charge on any atom is -0.369 e. The summed E-state index contributed by atoms with van der Waals surface area (Å²) in [6.45, 7) is 5.02. The lowest BCUT2D eigenvalue weighted by Gasteiger charge is -2.14. The SMILES string of the molecule is CCO[C@H](C)C(=O)Nc1cccc(CN(C)C)c1. The van der Waals surface area contributed by atoms with Crippen LogP contribution in [0.15, 0.2) is 24.3 Å². The number of rotatable bonds is 6. The van der Waals surface area contributed by atoms with Gasteiger partial charge in [0.1, 0.15) is 6.10 Å². The Morgan fingerprint density at radius 1 is 1.44 bits per heavy atom. The fourth-order valence-electron chi connectivity index (χ4n) is 1.68. The Balaban J connectivity index is 2.64. The fourth-order valence-corrected chi connectivity index (χ4v) is 1.68. The van der Waals surface area contributed by atoms with E-state index >= 15 is 0 Å². The summed E-state index contributed by atoms with van der Waals surface area (Å²) < 4.78 is 5.25. The van der Waals surface area contributed by atoms with E-state index in [4.69, 9.17) is 4.74 Å². The van der Waals surface area contributed by atoms with Gasteiger partial charge in [-0.25, -0.2) is 0 Å². The molecule has 1 N–H and O–H groups in total. The highest BCUT2D eigenvalue weighted by molar-refractivity contribution is 5.93. The molecular formula is C14H22N2O2. The molecule has 0 aliphatic carbocycles. The maximum Gasteiger partial charge on any atom is 0.253 e. The second kappa shape index (κ2) is 7.13. The highest BCUT2D eigenvalue weighted by atomic mass is 16.5. The summed E-state index contributed by atoms with van der Waals surface area (Å²) >= 11 is 0. The van der Waals surface area contributed by atoms with Crippen molar-refractivity contribution < 1.29 is 9.53 Å². The van der Waals surface area contributed by atoms with Gasteiger partial charge in [-0.1, -0.05) is 12.1 Å². The van der Waals surface area contributed by atoms with E-state index in [-0.39, 0.29) is 5.91 Å². The molecule has 0 saturated heterocycles. The number of nitrogens with one attached hydrogen (secondary N) is 1. The van der Waals surface area contributed by atoms with Crippen molar-refractivity contribution in [1.82, 2.24) is 4.90 Å². The maximum atomic E-state index is 11.8. The van der Waals surface area contributed by atoms with E-state index in [1.807, 2.05) is 45.3 Å². The summed E-state index contributed by atoms with van der Waals surface area (Å²) in [7, 11) is 4.03. The largest absolute Gasteiger partial charge is 0.369 e. The smallest absolute Gasteiger partial charge is 0.253 e. The molecule has 0 aliphatic heterocycles. The molecule has 18 heavy (non-hydrogen) atoms. The lowest BCUT2D eigenvalue weighted by atomic mass is 10.2. The molecule has 1 amide bonds. The van der Waals surface area contributed by atoms with Crippen LogP contribution in [0.1, 0.15) is 19.4 Å². The number of carbonyl (C=O) groups excluding carboxylic acids is 1. The van der Waals surface area contributed by atoms with Crippen molar-refractivity contribution in [3.05, 3.63) is 29.8 Å². The summed E-state index contributed by atoms with van der Waals surface area (Å²) in [5.41, 5.74) is 1.98. The van der Waals surface area contributed by atoms with Gasteiger partial charge in [0.05, 0.1) is 0 Å². The van der Waals surface area contributed by atoms with Crippen LogP contribution < -0.4 is 5.32 Å². The Kier molecular flexibility index (Phi) is 5.82. The molecule has 0 aromatic heterocycles. The van der Waals surface area contributed by atoms with E-state index in [9.17, 15) is 4.79 Å². The lowest BCUT2D eigenvalue weighted by Crippen LogP contribution is -2.27. The maximum absolute atomic E-state index is 11.8. The summed E-state index contributed by atoms with van der Waals surface area (Å²) in [5.74, 6) is -0.112. The second-order valence-corrected chi connectivity index (χ2v) is 4.52. The zero-order valence-corrected chi connectivity index (χ0v) is 11.6. The summed E-state index contributed by atoms with van der Waals surface area (Å²) in [6, 6.07) is 7.85. The van der Waals surface area contributed by atoms with Gasteiger partial charge in [-0.15, -0.1) is 0 Å². The van der Waals surface area contributed by atoms with Crippen LogP contribution in [-0.4, -0.2) is 37.6 Å².